The summed E-state index contributed by atoms with van der Waals surface area (Å²) in [5, 5.41) is 14.6. The van der Waals surface area contributed by atoms with Crippen LogP contribution in [0.2, 0.25) is 0 Å². The van der Waals surface area contributed by atoms with E-state index in [2.05, 4.69) is 31.4 Å². The second-order valence-electron chi connectivity index (χ2n) is 3.72. The van der Waals surface area contributed by atoms with Crippen molar-refractivity contribution in [3.05, 3.63) is 22.9 Å². The first kappa shape index (κ1) is 13.8. The molecule has 0 unspecified atom stereocenters. The Balaban J connectivity index is 2.08. The van der Waals surface area contributed by atoms with Gasteiger partial charge >= 0.3 is 0 Å². The van der Waals surface area contributed by atoms with Crippen molar-refractivity contribution < 1.29 is 5.21 Å². The van der Waals surface area contributed by atoms with Crippen molar-refractivity contribution >= 4 is 27.5 Å². The number of amidine groups is 1. The van der Waals surface area contributed by atoms with E-state index in [0.717, 1.165) is 36.0 Å². The minimum atomic E-state index is 0.300. The summed E-state index contributed by atoms with van der Waals surface area (Å²) < 4.78 is 0.967. The Kier molecular flexibility index (Phi) is 6.39. The van der Waals surface area contributed by atoms with E-state index in [1.807, 2.05) is 6.07 Å². The number of halogens is 1. The molecule has 0 atom stereocenters. The third kappa shape index (κ3) is 6.11. The molecule has 4 N–H and O–H groups in total. The third-order valence-corrected chi connectivity index (χ3v) is 2.71. The maximum Gasteiger partial charge on any atom is 0.139 e. The molecule has 6 heteroatoms. The van der Waals surface area contributed by atoms with Crippen LogP contribution >= 0.6 is 15.9 Å². The average molecular weight is 301 g/mol. The summed E-state index contributed by atoms with van der Waals surface area (Å²) >= 11 is 3.37. The van der Waals surface area contributed by atoms with Gasteiger partial charge in [-0.2, -0.15) is 0 Å². The number of hydrogen-bond acceptors (Lipinski definition) is 4. The molecule has 0 aliphatic rings. The monoisotopic (exact) mass is 300 g/mol. The van der Waals surface area contributed by atoms with Crippen molar-refractivity contribution in [2.75, 3.05) is 11.9 Å². The first-order valence-corrected chi connectivity index (χ1v) is 6.32. The minimum absolute atomic E-state index is 0.300. The SMILES string of the molecule is N/C(CCCCCNc1cncc(Br)c1)=N\O. The number of anilines is 1. The lowest BCUT2D eigenvalue weighted by molar-refractivity contribution is 0.316. The zero-order valence-corrected chi connectivity index (χ0v) is 11.2. The molecule has 0 fully saturated rings. The van der Waals surface area contributed by atoms with Crippen LogP contribution in [0.1, 0.15) is 25.7 Å². The Morgan fingerprint density at radius 3 is 2.94 bits per heavy atom. The van der Waals surface area contributed by atoms with E-state index in [1.54, 1.807) is 12.4 Å². The van der Waals surface area contributed by atoms with Crippen LogP contribution in [-0.2, 0) is 0 Å². The van der Waals surface area contributed by atoms with Crippen LogP contribution in [0, 0.1) is 0 Å². The largest absolute Gasteiger partial charge is 0.409 e. The number of oxime groups is 1. The van der Waals surface area contributed by atoms with Gasteiger partial charge in [0.2, 0.25) is 0 Å². The van der Waals surface area contributed by atoms with E-state index in [0.29, 0.717) is 12.3 Å². The lowest BCUT2D eigenvalue weighted by Crippen LogP contribution is -2.11. The molecule has 5 nitrogen and oxygen atoms in total. The molecule has 0 aliphatic heterocycles. The van der Waals surface area contributed by atoms with Crippen LogP contribution in [0.15, 0.2) is 28.1 Å². The first-order valence-electron chi connectivity index (χ1n) is 5.53. The Bertz CT molecular complexity index is 370. The number of pyridine rings is 1. The fourth-order valence-electron chi connectivity index (χ4n) is 1.40. The van der Waals surface area contributed by atoms with Crippen LogP contribution in [0.4, 0.5) is 5.69 Å². The highest BCUT2D eigenvalue weighted by molar-refractivity contribution is 9.10. The van der Waals surface area contributed by atoms with Gasteiger partial charge in [0.05, 0.1) is 11.9 Å². The zero-order valence-electron chi connectivity index (χ0n) is 9.56. The smallest absolute Gasteiger partial charge is 0.139 e. The van der Waals surface area contributed by atoms with E-state index in [-0.39, 0.29) is 0 Å². The molecule has 1 rings (SSSR count). The van der Waals surface area contributed by atoms with Crippen molar-refractivity contribution in [1.82, 2.24) is 4.98 Å². The van der Waals surface area contributed by atoms with Gasteiger partial charge in [-0.25, -0.2) is 0 Å². The molecular weight excluding hydrogens is 284 g/mol. The highest BCUT2D eigenvalue weighted by Gasteiger charge is 1.96. The van der Waals surface area contributed by atoms with Gasteiger partial charge in [0.15, 0.2) is 0 Å². The Morgan fingerprint density at radius 2 is 2.24 bits per heavy atom. The Hall–Kier alpha value is -1.30. The normalized spacial score (nSPS) is 11.5. The second kappa shape index (κ2) is 7.89. The fraction of sp³-hybridized carbons (Fsp3) is 0.455. The number of unbranched alkanes of at least 4 members (excludes halogenated alkanes) is 2. The van der Waals surface area contributed by atoms with E-state index < -0.39 is 0 Å². The number of aromatic nitrogens is 1. The van der Waals surface area contributed by atoms with E-state index in [9.17, 15) is 0 Å². The van der Waals surface area contributed by atoms with Crippen LogP contribution in [0.3, 0.4) is 0 Å². The third-order valence-electron chi connectivity index (χ3n) is 2.27. The van der Waals surface area contributed by atoms with Crippen molar-refractivity contribution in [3.63, 3.8) is 0 Å². The van der Waals surface area contributed by atoms with Crippen molar-refractivity contribution in [3.8, 4) is 0 Å². The first-order chi connectivity index (χ1) is 8.22. The molecule has 0 aliphatic carbocycles. The van der Waals surface area contributed by atoms with Crippen molar-refractivity contribution in [2.24, 2.45) is 10.9 Å². The fourth-order valence-corrected chi connectivity index (χ4v) is 1.76. The molecular formula is C11H17BrN4O. The van der Waals surface area contributed by atoms with Gasteiger partial charge in [0, 0.05) is 23.6 Å². The zero-order chi connectivity index (χ0) is 12.5. The summed E-state index contributed by atoms with van der Waals surface area (Å²) in [4.78, 5) is 4.06. The van der Waals surface area contributed by atoms with E-state index >= 15 is 0 Å². The maximum atomic E-state index is 8.35. The molecule has 0 radical (unpaired) electrons. The lowest BCUT2D eigenvalue weighted by Gasteiger charge is -2.05. The topological polar surface area (TPSA) is 83.5 Å². The molecule has 1 heterocycles. The van der Waals surface area contributed by atoms with Crippen molar-refractivity contribution in [1.29, 1.82) is 0 Å². The molecule has 0 spiro atoms. The van der Waals surface area contributed by atoms with Gasteiger partial charge in [-0.15, -0.1) is 0 Å². The molecule has 0 aromatic carbocycles. The molecule has 0 saturated carbocycles. The predicted molar refractivity (Wildman–Crippen MR) is 72.3 cm³/mol. The highest BCUT2D eigenvalue weighted by Crippen LogP contribution is 2.13. The van der Waals surface area contributed by atoms with Gasteiger partial charge in [0.25, 0.3) is 0 Å². The average Bonchev–Trinajstić information content (AvgIpc) is 2.33. The van der Waals surface area contributed by atoms with Crippen LogP contribution < -0.4 is 11.1 Å². The molecule has 0 saturated heterocycles. The summed E-state index contributed by atoms with van der Waals surface area (Å²) in [6, 6.07) is 1.99. The Morgan fingerprint density at radius 1 is 1.41 bits per heavy atom. The Labute approximate surface area is 109 Å². The van der Waals surface area contributed by atoms with Crippen LogP contribution in [0.5, 0.6) is 0 Å². The summed E-state index contributed by atoms with van der Waals surface area (Å²) in [6.45, 7) is 0.897. The molecule has 94 valence electrons. The summed E-state index contributed by atoms with van der Waals surface area (Å²) in [6.07, 6.45) is 7.22. The quantitative estimate of drug-likeness (QED) is 0.238. The van der Waals surface area contributed by atoms with Crippen LogP contribution in [-0.4, -0.2) is 22.6 Å². The van der Waals surface area contributed by atoms with Crippen molar-refractivity contribution in [2.45, 2.75) is 25.7 Å². The maximum absolute atomic E-state index is 8.35. The summed E-state index contributed by atoms with van der Waals surface area (Å²) in [5.41, 5.74) is 6.38. The summed E-state index contributed by atoms with van der Waals surface area (Å²) in [5.74, 6) is 0.300. The van der Waals surface area contributed by atoms with Gasteiger partial charge in [-0.3, -0.25) is 4.98 Å². The van der Waals surface area contributed by atoms with Gasteiger partial charge < -0.3 is 16.3 Å². The van der Waals surface area contributed by atoms with Gasteiger partial charge in [0.1, 0.15) is 5.84 Å². The van der Waals surface area contributed by atoms with Gasteiger partial charge in [-0.1, -0.05) is 11.6 Å². The minimum Gasteiger partial charge on any atom is -0.409 e. The van der Waals surface area contributed by atoms with Gasteiger partial charge in [-0.05, 0) is 34.8 Å². The standard InChI is InChI=1S/C11H17BrN4O/c12-9-6-10(8-14-7-9)15-5-3-1-2-4-11(13)16-17/h6-8,15,17H,1-5H2,(H2,13,16). The number of rotatable bonds is 7. The number of nitrogens with zero attached hydrogens (tertiary/aromatic N) is 2. The lowest BCUT2D eigenvalue weighted by atomic mass is 10.2. The van der Waals surface area contributed by atoms with E-state index in [1.165, 1.54) is 0 Å². The molecule has 0 amide bonds. The molecule has 1 aromatic rings. The molecule has 1 aromatic heterocycles. The number of nitrogens with one attached hydrogen (secondary N) is 1. The van der Waals surface area contributed by atoms with E-state index in [4.69, 9.17) is 10.9 Å². The van der Waals surface area contributed by atoms with Crippen LogP contribution in [0.25, 0.3) is 0 Å². The highest BCUT2D eigenvalue weighted by atomic mass is 79.9. The predicted octanol–water partition coefficient (Wildman–Crippen LogP) is 2.56. The second-order valence-corrected chi connectivity index (χ2v) is 4.64. The number of hydrogen-bond donors (Lipinski definition) is 3. The molecule has 0 bridgehead atoms. The molecule has 17 heavy (non-hydrogen) atoms. The summed E-state index contributed by atoms with van der Waals surface area (Å²) in [7, 11) is 0. The number of nitrogens with two attached hydrogens (primary N) is 1.